The van der Waals surface area contributed by atoms with Crippen molar-refractivity contribution >= 4 is 5.78 Å². The maximum atomic E-state index is 12.3. The van der Waals surface area contributed by atoms with Gasteiger partial charge in [0.1, 0.15) is 5.78 Å². The van der Waals surface area contributed by atoms with E-state index in [1.807, 2.05) is 37.3 Å². The van der Waals surface area contributed by atoms with Gasteiger partial charge in [-0.1, -0.05) is 30.3 Å². The molecule has 0 fully saturated rings. The fraction of sp³-hybridized carbons (Fsp3) is 0.412. The van der Waals surface area contributed by atoms with Gasteiger partial charge >= 0.3 is 0 Å². The summed E-state index contributed by atoms with van der Waals surface area (Å²) >= 11 is 0. The maximum absolute atomic E-state index is 12.3. The molecule has 21 heavy (non-hydrogen) atoms. The molecule has 3 atom stereocenters. The van der Waals surface area contributed by atoms with Crippen molar-refractivity contribution in [2.24, 2.45) is 5.92 Å². The van der Waals surface area contributed by atoms with Crippen LogP contribution in [-0.4, -0.2) is 26.7 Å². The number of aryl methyl sites for hydroxylation is 1. The van der Waals surface area contributed by atoms with Gasteiger partial charge in [0.05, 0.1) is 17.2 Å². The zero-order valence-electron chi connectivity index (χ0n) is 12.6. The van der Waals surface area contributed by atoms with Crippen LogP contribution in [0.15, 0.2) is 30.3 Å². The summed E-state index contributed by atoms with van der Waals surface area (Å²) in [5.41, 5.74) is 2.86. The number of nitrogens with zero attached hydrogens (tertiary/aromatic N) is 1. The molecule has 0 unspecified atom stereocenters. The van der Waals surface area contributed by atoms with E-state index >= 15 is 0 Å². The Hall–Kier alpha value is -1.94. The van der Waals surface area contributed by atoms with Crippen LogP contribution in [0.2, 0.25) is 0 Å². The number of Topliss-reactive ketones (excluding diaryl/α,β-unsaturated/α-hetero) is 1. The van der Waals surface area contributed by atoms with Crippen LogP contribution in [0.5, 0.6) is 0 Å². The first-order valence-electron chi connectivity index (χ1n) is 7.23. The van der Waals surface area contributed by atoms with Crippen LogP contribution >= 0.6 is 0 Å². The molecule has 3 rings (SSSR count). The minimum Gasteiger partial charge on any atom is -0.389 e. The molecule has 0 aliphatic heterocycles. The van der Waals surface area contributed by atoms with Gasteiger partial charge in [0, 0.05) is 23.6 Å². The molecule has 1 heterocycles. The first-order chi connectivity index (χ1) is 9.92. The molecular weight excluding hydrogens is 264 g/mol. The lowest BCUT2D eigenvalue weighted by atomic mass is 9.64. The molecule has 1 aromatic carbocycles. The molecule has 0 saturated carbocycles. The quantitative estimate of drug-likeness (QED) is 0.889. The van der Waals surface area contributed by atoms with Gasteiger partial charge in [-0.3, -0.25) is 9.89 Å². The summed E-state index contributed by atoms with van der Waals surface area (Å²) in [6, 6.07) is 9.91. The Morgan fingerprint density at radius 1 is 1.38 bits per heavy atom. The van der Waals surface area contributed by atoms with E-state index in [0.29, 0.717) is 6.42 Å². The summed E-state index contributed by atoms with van der Waals surface area (Å²) in [4.78, 5) is 12.3. The van der Waals surface area contributed by atoms with Crippen LogP contribution in [-0.2, 0) is 11.2 Å². The number of fused-ring (bicyclic) bond motifs is 1. The predicted molar refractivity (Wildman–Crippen MR) is 80.1 cm³/mol. The molecule has 1 aliphatic rings. The lowest BCUT2D eigenvalue weighted by molar-refractivity contribution is -0.130. The van der Waals surface area contributed by atoms with E-state index in [4.69, 9.17) is 0 Å². The Bertz CT molecular complexity index is 673. The van der Waals surface area contributed by atoms with Gasteiger partial charge < -0.3 is 5.11 Å². The van der Waals surface area contributed by atoms with Gasteiger partial charge in [0.2, 0.25) is 0 Å². The van der Waals surface area contributed by atoms with Crippen molar-refractivity contribution in [2.45, 2.75) is 38.7 Å². The molecule has 0 saturated heterocycles. The van der Waals surface area contributed by atoms with Crippen molar-refractivity contribution < 1.29 is 9.90 Å². The SMILES string of the molecule is CC(=O)[C@@H]1[C@H](c2ccccc2)c2c(n[nH]c2C)C[C@]1(C)O. The minimum absolute atomic E-state index is 0.0140. The number of carbonyl (C=O) groups excluding carboxylic acids is 1. The molecule has 0 radical (unpaired) electrons. The first-order valence-corrected chi connectivity index (χ1v) is 7.23. The lowest BCUT2D eigenvalue weighted by Gasteiger charge is -2.41. The second-order valence-corrected chi connectivity index (χ2v) is 6.22. The van der Waals surface area contributed by atoms with Crippen LogP contribution in [0.25, 0.3) is 0 Å². The number of aliphatic hydroxyl groups is 1. The molecule has 0 spiro atoms. The normalized spacial score (nSPS) is 28.2. The maximum Gasteiger partial charge on any atom is 0.136 e. The third-order valence-electron chi connectivity index (χ3n) is 4.51. The second-order valence-electron chi connectivity index (χ2n) is 6.22. The van der Waals surface area contributed by atoms with Gasteiger partial charge in [-0.15, -0.1) is 0 Å². The molecule has 2 N–H and O–H groups in total. The highest BCUT2D eigenvalue weighted by atomic mass is 16.3. The molecule has 4 heteroatoms. The summed E-state index contributed by atoms with van der Waals surface area (Å²) in [7, 11) is 0. The van der Waals surface area contributed by atoms with Gasteiger partial charge in [-0.2, -0.15) is 5.10 Å². The third kappa shape index (κ3) is 2.20. The average molecular weight is 284 g/mol. The monoisotopic (exact) mass is 284 g/mol. The fourth-order valence-electron chi connectivity index (χ4n) is 3.70. The smallest absolute Gasteiger partial charge is 0.136 e. The van der Waals surface area contributed by atoms with Crippen LogP contribution in [0.3, 0.4) is 0 Å². The summed E-state index contributed by atoms with van der Waals surface area (Å²) in [5, 5.41) is 18.1. The standard InChI is InChI=1S/C17H20N2O2/c1-10-14-13(19-18-10)9-17(3,21)16(11(2)20)15(14)12-7-5-4-6-8-12/h4-8,15-16,21H,9H2,1-3H3,(H,18,19)/t15-,16-,17+/m1/s1. The molecular formula is C17H20N2O2. The van der Waals surface area contributed by atoms with Crippen molar-refractivity contribution in [2.75, 3.05) is 0 Å². The average Bonchev–Trinajstić information content (AvgIpc) is 2.77. The minimum atomic E-state index is -1.08. The summed E-state index contributed by atoms with van der Waals surface area (Å²) in [6.07, 6.45) is 0.403. The Labute approximate surface area is 124 Å². The molecule has 2 aromatic rings. The summed E-state index contributed by atoms with van der Waals surface area (Å²) in [6.45, 7) is 5.27. The topological polar surface area (TPSA) is 66.0 Å². The summed E-state index contributed by atoms with van der Waals surface area (Å²) in [5.74, 6) is -0.593. The number of hydrogen-bond donors (Lipinski definition) is 2. The van der Waals surface area contributed by atoms with Gasteiger partial charge in [0.25, 0.3) is 0 Å². The van der Waals surface area contributed by atoms with Crippen LogP contribution in [0, 0.1) is 12.8 Å². The number of rotatable bonds is 2. The van der Waals surface area contributed by atoms with E-state index in [9.17, 15) is 9.90 Å². The third-order valence-corrected chi connectivity index (χ3v) is 4.51. The molecule has 4 nitrogen and oxygen atoms in total. The van der Waals surface area contributed by atoms with Crippen molar-refractivity contribution in [3.05, 3.63) is 52.8 Å². The van der Waals surface area contributed by atoms with Crippen molar-refractivity contribution in [3.63, 3.8) is 0 Å². The number of hydrogen-bond acceptors (Lipinski definition) is 3. The summed E-state index contributed by atoms with van der Waals surface area (Å²) < 4.78 is 0. The molecule has 0 bridgehead atoms. The van der Waals surface area contributed by atoms with Gasteiger partial charge in [-0.05, 0) is 26.3 Å². The van der Waals surface area contributed by atoms with E-state index < -0.39 is 11.5 Å². The zero-order chi connectivity index (χ0) is 15.2. The van der Waals surface area contributed by atoms with Crippen molar-refractivity contribution in [3.8, 4) is 0 Å². The lowest BCUT2D eigenvalue weighted by Crippen LogP contribution is -2.48. The van der Waals surface area contributed by atoms with E-state index in [1.165, 1.54) is 0 Å². The predicted octanol–water partition coefficient (Wildman–Crippen LogP) is 2.36. The molecule has 0 amide bonds. The van der Waals surface area contributed by atoms with Crippen molar-refractivity contribution in [1.29, 1.82) is 0 Å². The van der Waals surface area contributed by atoms with Gasteiger partial charge in [0.15, 0.2) is 0 Å². The number of nitrogens with one attached hydrogen (secondary N) is 1. The second kappa shape index (κ2) is 4.81. The number of aromatic nitrogens is 2. The van der Waals surface area contributed by atoms with E-state index in [1.54, 1.807) is 13.8 Å². The Morgan fingerprint density at radius 2 is 2.05 bits per heavy atom. The van der Waals surface area contributed by atoms with E-state index in [-0.39, 0.29) is 11.7 Å². The largest absolute Gasteiger partial charge is 0.389 e. The van der Waals surface area contributed by atoms with Gasteiger partial charge in [-0.25, -0.2) is 0 Å². The number of carbonyl (C=O) groups is 1. The number of aromatic amines is 1. The van der Waals surface area contributed by atoms with E-state index in [0.717, 1.165) is 22.5 Å². The number of ketones is 1. The highest BCUT2D eigenvalue weighted by Crippen LogP contribution is 2.46. The molecule has 1 aliphatic carbocycles. The van der Waals surface area contributed by atoms with Crippen LogP contribution < -0.4 is 0 Å². The first kappa shape index (κ1) is 14.0. The zero-order valence-corrected chi connectivity index (χ0v) is 12.6. The number of H-pyrrole nitrogens is 1. The molecule has 110 valence electrons. The Balaban J connectivity index is 2.24. The Kier molecular flexibility index (Phi) is 3.21. The van der Waals surface area contributed by atoms with Crippen LogP contribution in [0.4, 0.5) is 0 Å². The highest BCUT2D eigenvalue weighted by molar-refractivity contribution is 5.82. The highest BCUT2D eigenvalue weighted by Gasteiger charge is 2.48. The van der Waals surface area contributed by atoms with Crippen LogP contribution in [0.1, 0.15) is 42.3 Å². The molecule has 1 aromatic heterocycles. The van der Waals surface area contributed by atoms with Crippen molar-refractivity contribution in [1.82, 2.24) is 10.2 Å². The van der Waals surface area contributed by atoms with E-state index in [2.05, 4.69) is 10.2 Å². The fourth-order valence-corrected chi connectivity index (χ4v) is 3.70. The number of benzene rings is 1. The Morgan fingerprint density at radius 3 is 2.67 bits per heavy atom.